The van der Waals surface area contributed by atoms with Crippen LogP contribution in [0.2, 0.25) is 12.6 Å². The molecule has 3 heteroatoms. The van der Waals surface area contributed by atoms with Gasteiger partial charge >= 0.3 is 0 Å². The zero-order valence-electron chi connectivity index (χ0n) is 9.32. The van der Waals surface area contributed by atoms with Gasteiger partial charge < -0.3 is 0 Å². The van der Waals surface area contributed by atoms with Gasteiger partial charge in [0.05, 0.1) is 0 Å². The van der Waals surface area contributed by atoms with Crippen molar-refractivity contribution in [1.82, 2.24) is 0 Å². The highest BCUT2D eigenvalue weighted by molar-refractivity contribution is 7.44. The van der Waals surface area contributed by atoms with E-state index in [2.05, 4.69) is 20.4 Å². The normalized spacial score (nSPS) is 40.5. The van der Waals surface area contributed by atoms with E-state index in [1.54, 1.807) is 0 Å². The van der Waals surface area contributed by atoms with Gasteiger partial charge in [-0.25, -0.2) is 0 Å². The Balaban J connectivity index is 2.12. The fourth-order valence-electron chi connectivity index (χ4n) is 3.78. The Labute approximate surface area is 97.8 Å². The first-order valence-corrected chi connectivity index (χ1v) is 10.4. The van der Waals surface area contributed by atoms with Gasteiger partial charge in [-0.15, -0.1) is 22.2 Å². The van der Waals surface area contributed by atoms with E-state index in [0.29, 0.717) is 5.41 Å². The van der Waals surface area contributed by atoms with Crippen molar-refractivity contribution in [2.24, 2.45) is 23.2 Å². The van der Waals surface area contributed by atoms with E-state index in [1.165, 1.54) is 19.3 Å². The zero-order chi connectivity index (χ0) is 10.6. The minimum absolute atomic E-state index is 0.501. The van der Waals surface area contributed by atoms with Crippen molar-refractivity contribution in [3.8, 4) is 0 Å². The second kappa shape index (κ2) is 3.40. The predicted octanol–water partition coefficient (Wildman–Crippen LogP) is 4.61. The maximum Gasteiger partial charge on any atom is 0.248 e. The molecule has 0 aromatic carbocycles. The summed E-state index contributed by atoms with van der Waals surface area (Å²) >= 11 is 12.6. The molecule has 2 aliphatic rings. The summed E-state index contributed by atoms with van der Waals surface area (Å²) in [6, 6.07) is 1.10. The van der Waals surface area contributed by atoms with E-state index < -0.39 is 6.69 Å². The molecule has 0 nitrogen and oxygen atoms in total. The van der Waals surface area contributed by atoms with Crippen molar-refractivity contribution in [3.05, 3.63) is 0 Å². The molecule has 0 saturated heterocycles. The number of fused-ring (bicyclic) bond motifs is 2. The number of hydrogen-bond acceptors (Lipinski definition) is 0. The summed E-state index contributed by atoms with van der Waals surface area (Å²) < 4.78 is 0. The molecule has 2 saturated carbocycles. The third-order valence-corrected chi connectivity index (χ3v) is 6.71. The second-order valence-electron chi connectivity index (χ2n) is 5.97. The topological polar surface area (TPSA) is 0 Å². The van der Waals surface area contributed by atoms with E-state index in [0.717, 1.165) is 23.8 Å². The van der Waals surface area contributed by atoms with Crippen LogP contribution in [0, 0.1) is 23.2 Å². The van der Waals surface area contributed by atoms with Gasteiger partial charge in [0.2, 0.25) is 6.69 Å². The summed E-state index contributed by atoms with van der Waals surface area (Å²) in [7, 11) is 0. The first-order chi connectivity index (χ1) is 6.31. The molecule has 0 radical (unpaired) electrons. The van der Waals surface area contributed by atoms with Crippen LogP contribution in [0.15, 0.2) is 0 Å². The molecule has 0 aromatic heterocycles. The Morgan fingerprint density at radius 3 is 2.36 bits per heavy atom. The standard InChI is InChI=1S/C11H20Cl2Si/c1-11(2)9-5-4-8(6-9)10(11)7-14(3,12)13/h8-10H,4-7H2,1-3H3/t8-,9+,10-/m0/s1. The van der Waals surface area contributed by atoms with Crippen molar-refractivity contribution < 1.29 is 0 Å². The highest BCUT2D eigenvalue weighted by Gasteiger charge is 2.53. The minimum atomic E-state index is -1.90. The Morgan fingerprint density at radius 2 is 1.93 bits per heavy atom. The molecule has 0 spiro atoms. The fourth-order valence-corrected chi connectivity index (χ4v) is 6.41. The molecule has 3 atom stereocenters. The first-order valence-electron chi connectivity index (χ1n) is 5.68. The molecule has 0 heterocycles. The van der Waals surface area contributed by atoms with Gasteiger partial charge in [-0.05, 0) is 55.0 Å². The lowest BCUT2D eigenvalue weighted by Crippen LogP contribution is -2.34. The maximum atomic E-state index is 6.28. The molecule has 14 heavy (non-hydrogen) atoms. The molecule has 0 aliphatic heterocycles. The maximum absolute atomic E-state index is 6.28. The lowest BCUT2D eigenvalue weighted by atomic mass is 9.69. The predicted molar refractivity (Wildman–Crippen MR) is 66.2 cm³/mol. The monoisotopic (exact) mass is 250 g/mol. The van der Waals surface area contributed by atoms with Gasteiger partial charge in [0.25, 0.3) is 0 Å². The van der Waals surface area contributed by atoms with Crippen LogP contribution < -0.4 is 0 Å². The lowest BCUT2D eigenvalue weighted by molar-refractivity contribution is 0.137. The average molecular weight is 251 g/mol. The summed E-state index contributed by atoms with van der Waals surface area (Å²) in [5.41, 5.74) is 0.501. The van der Waals surface area contributed by atoms with Crippen LogP contribution in [0.25, 0.3) is 0 Å². The molecule has 2 bridgehead atoms. The minimum Gasteiger partial charge on any atom is -0.146 e. The fraction of sp³-hybridized carbons (Fsp3) is 1.00. The summed E-state index contributed by atoms with van der Waals surface area (Å²) in [5, 5.41) is 0. The SMILES string of the molecule is CC1(C)[C@@H]2CC[C@@H](C2)[C@@H]1C[Si](C)(Cl)Cl. The van der Waals surface area contributed by atoms with Crippen molar-refractivity contribution in [3.63, 3.8) is 0 Å². The molecule has 0 N–H and O–H groups in total. The zero-order valence-corrected chi connectivity index (χ0v) is 11.8. The summed E-state index contributed by atoms with van der Waals surface area (Å²) in [6.45, 7) is 5.02. The highest BCUT2D eigenvalue weighted by atomic mass is 35.7. The number of hydrogen-bond donors (Lipinski definition) is 0. The van der Waals surface area contributed by atoms with Crippen molar-refractivity contribution in [2.45, 2.75) is 45.7 Å². The quantitative estimate of drug-likeness (QED) is 0.496. The van der Waals surface area contributed by atoms with Gasteiger partial charge in [0.15, 0.2) is 0 Å². The highest BCUT2D eigenvalue weighted by Crippen LogP contribution is 2.61. The van der Waals surface area contributed by atoms with Crippen LogP contribution in [0.4, 0.5) is 0 Å². The van der Waals surface area contributed by atoms with E-state index in [9.17, 15) is 0 Å². The van der Waals surface area contributed by atoms with Gasteiger partial charge in [-0.1, -0.05) is 13.8 Å². The molecular weight excluding hydrogens is 231 g/mol. The Bertz CT molecular complexity index is 232. The second-order valence-corrected chi connectivity index (χ2v) is 14.1. The van der Waals surface area contributed by atoms with Gasteiger partial charge in [-0.2, -0.15) is 0 Å². The van der Waals surface area contributed by atoms with Crippen molar-refractivity contribution >= 4 is 28.9 Å². The Morgan fingerprint density at radius 1 is 1.29 bits per heavy atom. The molecule has 82 valence electrons. The smallest absolute Gasteiger partial charge is 0.146 e. The van der Waals surface area contributed by atoms with Gasteiger partial charge in [0, 0.05) is 0 Å². The number of rotatable bonds is 2. The summed E-state index contributed by atoms with van der Waals surface area (Å²) in [5.74, 6) is 2.68. The molecule has 0 aromatic rings. The van der Waals surface area contributed by atoms with Crippen molar-refractivity contribution in [1.29, 1.82) is 0 Å². The van der Waals surface area contributed by atoms with Crippen LogP contribution in [-0.2, 0) is 0 Å². The third kappa shape index (κ3) is 1.88. The third-order valence-electron chi connectivity index (χ3n) is 4.63. The van der Waals surface area contributed by atoms with E-state index >= 15 is 0 Å². The van der Waals surface area contributed by atoms with Gasteiger partial charge in [0.1, 0.15) is 0 Å². The van der Waals surface area contributed by atoms with Gasteiger partial charge in [-0.3, -0.25) is 0 Å². The first kappa shape index (κ1) is 11.3. The summed E-state index contributed by atoms with van der Waals surface area (Å²) in [6.07, 6.45) is 4.31. The molecule has 2 rings (SSSR count). The summed E-state index contributed by atoms with van der Waals surface area (Å²) in [4.78, 5) is 0. The molecule has 0 unspecified atom stereocenters. The van der Waals surface area contributed by atoms with Crippen LogP contribution in [0.3, 0.4) is 0 Å². The largest absolute Gasteiger partial charge is 0.248 e. The van der Waals surface area contributed by atoms with Crippen LogP contribution in [0.5, 0.6) is 0 Å². The van der Waals surface area contributed by atoms with E-state index in [4.69, 9.17) is 22.2 Å². The average Bonchev–Trinajstić information content (AvgIpc) is 2.51. The molecule has 2 fully saturated rings. The Hall–Kier alpha value is 0.797. The Kier molecular flexibility index (Phi) is 2.74. The molecule has 2 aliphatic carbocycles. The van der Waals surface area contributed by atoms with Crippen LogP contribution >= 0.6 is 22.2 Å². The molecular formula is C11H20Cl2Si. The van der Waals surface area contributed by atoms with Crippen LogP contribution in [0.1, 0.15) is 33.1 Å². The van der Waals surface area contributed by atoms with Crippen molar-refractivity contribution in [2.75, 3.05) is 0 Å². The van der Waals surface area contributed by atoms with E-state index in [-0.39, 0.29) is 0 Å². The van der Waals surface area contributed by atoms with Crippen LogP contribution in [-0.4, -0.2) is 6.69 Å². The lowest BCUT2D eigenvalue weighted by Gasteiger charge is -2.39. The number of halogens is 2. The van der Waals surface area contributed by atoms with E-state index in [1.807, 2.05) is 0 Å². The molecule has 0 amide bonds.